The standard InChI is InChI=1S/C24H16N4O5S/c29-19-10-9-17(20(30)27-19)28-23(32)14-8-7-13(12-15(14)24(28)33)4-3-11-25-21(31)22-26-16-5-1-2-6-18(16)34-22/h1-2,5-8,12,17H,9-11H2,(H,25,31)(H,27,29,30). The summed E-state index contributed by atoms with van der Waals surface area (Å²) in [5.74, 6) is 3.11. The van der Waals surface area contributed by atoms with Crippen LogP contribution < -0.4 is 10.6 Å². The summed E-state index contributed by atoms with van der Waals surface area (Å²) < 4.78 is 0.919. The van der Waals surface area contributed by atoms with E-state index < -0.39 is 29.7 Å². The van der Waals surface area contributed by atoms with Crippen molar-refractivity contribution in [3.05, 3.63) is 64.2 Å². The Balaban J connectivity index is 1.26. The second-order valence-corrected chi connectivity index (χ2v) is 8.71. The molecule has 5 rings (SSSR count). The molecule has 34 heavy (non-hydrogen) atoms. The summed E-state index contributed by atoms with van der Waals surface area (Å²) in [6.07, 6.45) is 0.153. The normalized spacial score (nSPS) is 17.3. The number of piperidine rings is 1. The van der Waals surface area contributed by atoms with Gasteiger partial charge in [0.2, 0.25) is 11.8 Å². The van der Waals surface area contributed by atoms with Gasteiger partial charge in [-0.05, 0) is 36.8 Å². The molecule has 9 nitrogen and oxygen atoms in total. The van der Waals surface area contributed by atoms with Crippen LogP contribution in [0.25, 0.3) is 10.2 Å². The van der Waals surface area contributed by atoms with Gasteiger partial charge in [0.05, 0.1) is 27.9 Å². The SMILES string of the molecule is O=C1CCC(N2C(=O)c3ccc(C#CCNC(=O)c4nc5ccccc5s4)cc3C2=O)C(=O)N1. The molecule has 2 aliphatic rings. The minimum Gasteiger partial charge on any atom is -0.339 e. The lowest BCUT2D eigenvalue weighted by Gasteiger charge is -2.27. The summed E-state index contributed by atoms with van der Waals surface area (Å²) in [5, 5.41) is 5.20. The number of nitrogens with zero attached hydrogens (tertiary/aromatic N) is 2. The minimum absolute atomic E-state index is 0.0588. The number of imide groups is 2. The topological polar surface area (TPSA) is 126 Å². The maximum absolute atomic E-state index is 12.9. The Kier molecular flexibility index (Phi) is 5.39. The number of carbonyl (C=O) groups excluding carboxylic acids is 5. The number of hydrogen-bond acceptors (Lipinski definition) is 7. The zero-order chi connectivity index (χ0) is 23.8. The molecule has 0 radical (unpaired) electrons. The first-order valence-corrected chi connectivity index (χ1v) is 11.2. The third kappa shape index (κ3) is 3.82. The van der Waals surface area contributed by atoms with Gasteiger partial charge in [0, 0.05) is 12.0 Å². The van der Waals surface area contributed by atoms with Crippen molar-refractivity contribution in [2.45, 2.75) is 18.9 Å². The lowest BCUT2D eigenvalue weighted by Crippen LogP contribution is -2.54. The average molecular weight is 472 g/mol. The molecule has 0 aliphatic carbocycles. The van der Waals surface area contributed by atoms with E-state index in [1.54, 1.807) is 6.07 Å². The molecule has 0 bridgehead atoms. The third-order valence-corrected chi connectivity index (χ3v) is 6.53. The number of thiazole rings is 1. The van der Waals surface area contributed by atoms with E-state index in [-0.39, 0.29) is 36.4 Å². The average Bonchev–Trinajstić information content (AvgIpc) is 3.36. The fourth-order valence-electron chi connectivity index (χ4n) is 3.86. The molecule has 1 saturated heterocycles. The molecule has 10 heteroatoms. The van der Waals surface area contributed by atoms with Crippen LogP contribution in [0, 0.1) is 11.8 Å². The Hall–Kier alpha value is -4.36. The monoisotopic (exact) mass is 472 g/mol. The van der Waals surface area contributed by atoms with Crippen LogP contribution in [-0.2, 0) is 9.59 Å². The zero-order valence-corrected chi connectivity index (χ0v) is 18.4. The van der Waals surface area contributed by atoms with Crippen molar-refractivity contribution >= 4 is 51.1 Å². The number of aromatic nitrogens is 1. The van der Waals surface area contributed by atoms with Crippen LogP contribution >= 0.6 is 11.3 Å². The lowest BCUT2D eigenvalue weighted by molar-refractivity contribution is -0.136. The Bertz CT molecular complexity index is 1430. The van der Waals surface area contributed by atoms with Gasteiger partial charge in [-0.1, -0.05) is 24.0 Å². The van der Waals surface area contributed by atoms with Gasteiger partial charge in [0.15, 0.2) is 5.01 Å². The number of hydrogen-bond donors (Lipinski definition) is 2. The number of benzene rings is 2. The Morgan fingerprint density at radius 2 is 1.91 bits per heavy atom. The molecular weight excluding hydrogens is 456 g/mol. The molecule has 168 valence electrons. The van der Waals surface area contributed by atoms with Crippen molar-refractivity contribution in [1.82, 2.24) is 20.5 Å². The van der Waals surface area contributed by atoms with E-state index in [1.807, 2.05) is 24.3 Å². The highest BCUT2D eigenvalue weighted by Gasteiger charge is 2.44. The summed E-state index contributed by atoms with van der Waals surface area (Å²) in [7, 11) is 0. The predicted molar refractivity (Wildman–Crippen MR) is 122 cm³/mol. The van der Waals surface area contributed by atoms with Crippen LogP contribution in [-0.4, -0.2) is 52.0 Å². The number of fused-ring (bicyclic) bond motifs is 2. The van der Waals surface area contributed by atoms with Gasteiger partial charge in [-0.25, -0.2) is 4.98 Å². The van der Waals surface area contributed by atoms with E-state index in [9.17, 15) is 24.0 Å². The Labute approximate surface area is 197 Å². The fourth-order valence-corrected chi connectivity index (χ4v) is 4.75. The molecule has 1 aromatic heterocycles. The van der Waals surface area contributed by atoms with E-state index in [4.69, 9.17) is 0 Å². The molecule has 3 heterocycles. The van der Waals surface area contributed by atoms with Crippen molar-refractivity contribution in [2.24, 2.45) is 0 Å². The Morgan fingerprint density at radius 1 is 1.12 bits per heavy atom. The van der Waals surface area contributed by atoms with Crippen molar-refractivity contribution in [1.29, 1.82) is 0 Å². The van der Waals surface area contributed by atoms with Gasteiger partial charge in [0.25, 0.3) is 17.7 Å². The quantitative estimate of drug-likeness (QED) is 0.439. The molecule has 5 amide bonds. The first-order chi connectivity index (χ1) is 16.4. The van der Waals surface area contributed by atoms with Crippen molar-refractivity contribution in [3.63, 3.8) is 0 Å². The largest absolute Gasteiger partial charge is 0.339 e. The van der Waals surface area contributed by atoms with Crippen molar-refractivity contribution < 1.29 is 24.0 Å². The van der Waals surface area contributed by atoms with E-state index in [0.717, 1.165) is 15.1 Å². The molecule has 1 unspecified atom stereocenters. The van der Waals surface area contributed by atoms with Gasteiger partial charge >= 0.3 is 0 Å². The molecule has 0 saturated carbocycles. The maximum Gasteiger partial charge on any atom is 0.281 e. The summed E-state index contributed by atoms with van der Waals surface area (Å²) in [5.41, 5.74) is 1.58. The van der Waals surface area contributed by atoms with Crippen LogP contribution in [0.1, 0.15) is 48.9 Å². The Morgan fingerprint density at radius 3 is 2.71 bits per heavy atom. The number of nitrogens with one attached hydrogen (secondary N) is 2. The van der Waals surface area contributed by atoms with Gasteiger partial charge in [0.1, 0.15) is 6.04 Å². The number of amides is 5. The first kappa shape index (κ1) is 21.5. The van der Waals surface area contributed by atoms with Crippen LogP contribution in [0.5, 0.6) is 0 Å². The van der Waals surface area contributed by atoms with E-state index in [0.29, 0.717) is 10.6 Å². The second-order valence-electron chi connectivity index (χ2n) is 7.68. The lowest BCUT2D eigenvalue weighted by atomic mass is 10.0. The second kappa shape index (κ2) is 8.53. The fraction of sp³-hybridized carbons (Fsp3) is 0.167. The summed E-state index contributed by atoms with van der Waals surface area (Å²) in [4.78, 5) is 66.6. The molecule has 2 aromatic carbocycles. The smallest absolute Gasteiger partial charge is 0.281 e. The highest BCUT2D eigenvalue weighted by molar-refractivity contribution is 7.20. The van der Waals surface area contributed by atoms with E-state index in [2.05, 4.69) is 27.5 Å². The molecule has 1 fully saturated rings. The molecule has 3 aromatic rings. The molecule has 1 atom stereocenters. The van der Waals surface area contributed by atoms with Crippen molar-refractivity contribution in [3.8, 4) is 11.8 Å². The van der Waals surface area contributed by atoms with E-state index >= 15 is 0 Å². The van der Waals surface area contributed by atoms with Crippen molar-refractivity contribution in [2.75, 3.05) is 6.54 Å². The first-order valence-electron chi connectivity index (χ1n) is 10.4. The van der Waals surface area contributed by atoms with Crippen LogP contribution in [0.4, 0.5) is 0 Å². The van der Waals surface area contributed by atoms with Gasteiger partial charge < -0.3 is 5.32 Å². The van der Waals surface area contributed by atoms with Crippen LogP contribution in [0.2, 0.25) is 0 Å². The third-order valence-electron chi connectivity index (χ3n) is 5.50. The number of rotatable bonds is 3. The maximum atomic E-state index is 12.9. The highest BCUT2D eigenvalue weighted by Crippen LogP contribution is 2.28. The minimum atomic E-state index is -1.02. The van der Waals surface area contributed by atoms with Crippen LogP contribution in [0.15, 0.2) is 42.5 Å². The summed E-state index contributed by atoms with van der Waals surface area (Å²) >= 11 is 1.29. The number of carbonyl (C=O) groups is 5. The number of para-hydroxylation sites is 1. The zero-order valence-electron chi connectivity index (χ0n) is 17.6. The summed E-state index contributed by atoms with van der Waals surface area (Å²) in [6, 6.07) is 11.0. The van der Waals surface area contributed by atoms with Gasteiger partial charge in [-0.15, -0.1) is 11.3 Å². The molecule has 2 N–H and O–H groups in total. The van der Waals surface area contributed by atoms with Gasteiger partial charge in [-0.3, -0.25) is 34.2 Å². The highest BCUT2D eigenvalue weighted by atomic mass is 32.1. The van der Waals surface area contributed by atoms with Crippen LogP contribution in [0.3, 0.4) is 0 Å². The predicted octanol–water partition coefficient (Wildman–Crippen LogP) is 1.48. The molecular formula is C24H16N4O5S. The van der Waals surface area contributed by atoms with Gasteiger partial charge in [-0.2, -0.15) is 0 Å². The summed E-state index contributed by atoms with van der Waals surface area (Å²) in [6.45, 7) is 0.0706. The van der Waals surface area contributed by atoms with E-state index in [1.165, 1.54) is 23.5 Å². The molecule has 0 spiro atoms. The molecule has 2 aliphatic heterocycles.